The minimum Gasteiger partial charge on any atom is -0.370 e. The number of halogens is 2. The molecule has 1 aromatic heterocycles. The van der Waals surface area contributed by atoms with Crippen molar-refractivity contribution in [2.45, 2.75) is 145 Å². The average molecular weight is 1170 g/mol. The van der Waals surface area contributed by atoms with Crippen LogP contribution in [0.3, 0.4) is 0 Å². The fraction of sp³-hybridized carbons (Fsp3) is 0.466. The van der Waals surface area contributed by atoms with Gasteiger partial charge in [0.25, 0.3) is 11.8 Å². The van der Waals surface area contributed by atoms with Crippen molar-refractivity contribution >= 4 is 71.7 Å². The first-order valence-corrected chi connectivity index (χ1v) is 29.6. The Bertz CT molecular complexity index is 3250. The number of fused-ring (bicyclic) bond motifs is 3. The zero-order valence-corrected chi connectivity index (χ0v) is 46.8. The Morgan fingerprint density at radius 3 is 2.33 bits per heavy atom. The van der Waals surface area contributed by atoms with Gasteiger partial charge in [0.2, 0.25) is 41.4 Å². The summed E-state index contributed by atoms with van der Waals surface area (Å²) < 4.78 is 40.6. The molecule has 3 unspecified atom stereocenters. The Balaban J connectivity index is 0.814. The highest BCUT2D eigenvalue weighted by atomic mass is 31.2. The van der Waals surface area contributed by atoms with Gasteiger partial charge in [-0.1, -0.05) is 86.4 Å². The van der Waals surface area contributed by atoms with Gasteiger partial charge < -0.3 is 56.5 Å². The summed E-state index contributed by atoms with van der Waals surface area (Å²) in [5.41, 5.74) is 2.66. The number of likely N-dealkylation sites (N-methyl/N-ethyl adjacent to an activating group) is 1. The number of aromatic nitrogens is 1. The van der Waals surface area contributed by atoms with Crippen LogP contribution in [0.5, 0.6) is 0 Å². The standard InChI is InChI=1S/C58H69F2N10O12P/c1-68-30-28-39-21-24-47(70(39)57(79)45(34-68)65-52(74)44-32-37-31-38(20-22-42(37)63-44)58(59,60)83(80,81)82)54(76)64-43(23-26-48(61)71)51(73)67-50(36-16-11-9-12-17-36)55(77)62-29-13-8-6-4-2-3-5-7-10-15-35-18-14-19-40-41(35)33-69(56(40)78)46-25-27-49(72)66-53(46)75/h9,11-12,14,16-20,22,31-32,39,43,45-47,50,63H,2-8,13,21,23-30,33-34H2,1H3,(H2,61,71)(H,62,77)(H,64,76)(H,65,74)(H,67,73)(H,66,72,75)(H2,80,81,82)/t39-,43?,45+,46?,47+,50?/m1/s1. The van der Waals surface area contributed by atoms with Crippen LogP contribution in [-0.2, 0) is 50.3 Å². The summed E-state index contributed by atoms with van der Waals surface area (Å²) in [6.45, 7) is 1.09. The molecule has 442 valence electrons. The predicted octanol–water partition coefficient (Wildman–Crippen LogP) is 3.85. The van der Waals surface area contributed by atoms with Crippen LogP contribution in [0.4, 0.5) is 8.78 Å². The van der Waals surface area contributed by atoms with Gasteiger partial charge in [0.05, 0.1) is 0 Å². The second-order valence-electron chi connectivity index (χ2n) is 21.6. The Morgan fingerprint density at radius 2 is 1.60 bits per heavy atom. The zero-order valence-electron chi connectivity index (χ0n) is 45.9. The van der Waals surface area contributed by atoms with E-state index in [0.29, 0.717) is 49.9 Å². The molecule has 0 radical (unpaired) electrons. The van der Waals surface area contributed by atoms with Crippen LogP contribution in [-0.4, -0.2) is 140 Å². The van der Waals surface area contributed by atoms with E-state index >= 15 is 0 Å². The van der Waals surface area contributed by atoms with E-state index in [-0.39, 0.29) is 73.6 Å². The number of carbonyl (C=O) groups excluding carboxylic acids is 9. The summed E-state index contributed by atoms with van der Waals surface area (Å²) in [5, 5.41) is 13.5. The van der Waals surface area contributed by atoms with Crippen molar-refractivity contribution in [1.29, 1.82) is 0 Å². The van der Waals surface area contributed by atoms with E-state index in [1.54, 1.807) is 49.5 Å². The Hall–Kier alpha value is -7.84. The number of imide groups is 1. The van der Waals surface area contributed by atoms with Gasteiger partial charge in [-0.3, -0.25) is 53.0 Å². The van der Waals surface area contributed by atoms with Crippen molar-refractivity contribution < 1.29 is 66.3 Å². The average Bonchev–Trinajstić information content (AvgIpc) is 3.46. The number of unbranched alkanes of at least 4 members (excludes halogenated alkanes) is 7. The number of benzene rings is 3. The summed E-state index contributed by atoms with van der Waals surface area (Å²) in [7, 11) is -4.11. The van der Waals surface area contributed by atoms with Crippen LogP contribution in [0.1, 0.15) is 145 Å². The number of nitrogens with zero attached hydrogens (tertiary/aromatic N) is 3. The van der Waals surface area contributed by atoms with E-state index in [1.165, 1.54) is 15.9 Å². The number of aromatic amines is 1. The number of primary amides is 1. The van der Waals surface area contributed by atoms with Gasteiger partial charge in [-0.05, 0) is 100.0 Å². The number of piperidine rings is 1. The van der Waals surface area contributed by atoms with Crippen LogP contribution in [0, 0.1) is 11.8 Å². The first-order chi connectivity index (χ1) is 39.6. The summed E-state index contributed by atoms with van der Waals surface area (Å²) in [6.07, 6.45) is 7.97. The van der Waals surface area contributed by atoms with Gasteiger partial charge in [-0.25, -0.2) is 0 Å². The van der Waals surface area contributed by atoms with Crippen LogP contribution in [0.15, 0.2) is 72.8 Å². The van der Waals surface area contributed by atoms with E-state index in [9.17, 15) is 66.3 Å². The normalized spacial score (nSPS) is 20.0. The molecular weight excluding hydrogens is 1100 g/mol. The third-order valence-corrected chi connectivity index (χ3v) is 16.6. The quantitative estimate of drug-likeness (QED) is 0.0221. The molecule has 0 saturated carbocycles. The molecule has 25 heteroatoms. The van der Waals surface area contributed by atoms with Crippen LogP contribution >= 0.6 is 7.60 Å². The maximum absolute atomic E-state index is 14.5. The molecule has 9 amide bonds. The molecule has 22 nitrogen and oxygen atoms in total. The zero-order chi connectivity index (χ0) is 59.6. The predicted molar refractivity (Wildman–Crippen MR) is 298 cm³/mol. The van der Waals surface area contributed by atoms with Crippen molar-refractivity contribution in [3.8, 4) is 11.8 Å². The van der Waals surface area contributed by atoms with E-state index in [1.807, 2.05) is 11.0 Å². The van der Waals surface area contributed by atoms with Gasteiger partial charge in [-0.15, -0.1) is 0 Å². The van der Waals surface area contributed by atoms with Gasteiger partial charge >= 0.3 is 13.3 Å². The number of hydrogen-bond acceptors (Lipinski definition) is 11. The number of H-pyrrole nitrogens is 1. The highest BCUT2D eigenvalue weighted by Crippen LogP contribution is 2.59. The Kier molecular flexibility index (Phi) is 19.9. The van der Waals surface area contributed by atoms with Crippen LogP contribution < -0.4 is 32.3 Å². The lowest BCUT2D eigenvalue weighted by atomic mass is 10.0. The minimum atomic E-state index is -5.87. The SMILES string of the molecule is CN1CC[C@H]2CC[C@@H](C(=O)NC(CCC(N)=O)C(=O)NC(C(=O)NCCCCCCCCCC#Cc3cccc4c3CN(C3CCC(=O)NC3=O)C4=O)c3ccccc3)N2C(=O)[C@@H](NC(=O)c2cc3cc(C(F)(F)P(=O)(O)O)ccc3[nH]2)C1. The fourth-order valence-corrected chi connectivity index (χ4v) is 11.6. The first-order valence-electron chi connectivity index (χ1n) is 28.0. The summed E-state index contributed by atoms with van der Waals surface area (Å²) in [6, 6.07) is 11.9. The van der Waals surface area contributed by atoms with Crippen LogP contribution in [0.2, 0.25) is 0 Å². The van der Waals surface area contributed by atoms with Crippen molar-refractivity contribution in [3.05, 3.63) is 106 Å². The molecule has 3 saturated heterocycles. The second kappa shape index (κ2) is 27.0. The van der Waals surface area contributed by atoms with E-state index in [2.05, 4.69) is 43.4 Å². The molecule has 83 heavy (non-hydrogen) atoms. The van der Waals surface area contributed by atoms with E-state index < -0.39 is 96.4 Å². The van der Waals surface area contributed by atoms with Crippen molar-refractivity contribution in [2.75, 3.05) is 26.7 Å². The van der Waals surface area contributed by atoms with Crippen molar-refractivity contribution in [1.82, 2.24) is 46.3 Å². The molecule has 0 aliphatic carbocycles. The summed E-state index contributed by atoms with van der Waals surface area (Å²) in [5.74, 6) is 1.30. The molecule has 10 N–H and O–H groups in total. The number of nitrogens with two attached hydrogens (primary N) is 1. The van der Waals surface area contributed by atoms with Crippen molar-refractivity contribution in [3.63, 3.8) is 0 Å². The molecule has 8 rings (SSSR count). The highest BCUT2D eigenvalue weighted by Gasteiger charge is 2.51. The maximum atomic E-state index is 14.5. The Labute approximate surface area is 477 Å². The maximum Gasteiger partial charge on any atom is 0.399 e. The molecule has 0 bridgehead atoms. The van der Waals surface area contributed by atoms with Gasteiger partial charge in [0.15, 0.2) is 0 Å². The van der Waals surface area contributed by atoms with E-state index in [4.69, 9.17) is 5.73 Å². The number of alkyl halides is 2. The highest BCUT2D eigenvalue weighted by molar-refractivity contribution is 7.52. The smallest absolute Gasteiger partial charge is 0.370 e. The molecule has 6 atom stereocenters. The molecule has 4 aliphatic heterocycles. The number of carbonyl (C=O) groups is 9. The lowest BCUT2D eigenvalue weighted by molar-refractivity contribution is -0.144. The monoisotopic (exact) mass is 1170 g/mol. The summed E-state index contributed by atoms with van der Waals surface area (Å²) in [4.78, 5) is 146. The number of nitrogens with one attached hydrogen (secondary N) is 6. The van der Waals surface area contributed by atoms with Gasteiger partial charge in [-0.2, -0.15) is 8.78 Å². The molecule has 4 aliphatic rings. The summed E-state index contributed by atoms with van der Waals surface area (Å²) >= 11 is 0. The van der Waals surface area contributed by atoms with Gasteiger partial charge in [0, 0.05) is 72.5 Å². The fourth-order valence-electron chi connectivity index (χ4n) is 11.1. The largest absolute Gasteiger partial charge is 0.399 e. The molecule has 3 fully saturated rings. The van der Waals surface area contributed by atoms with Gasteiger partial charge in [0.1, 0.15) is 35.9 Å². The number of amides is 9. The van der Waals surface area contributed by atoms with E-state index in [0.717, 1.165) is 67.9 Å². The molecule has 5 heterocycles. The third-order valence-electron chi connectivity index (χ3n) is 15.7. The van der Waals surface area contributed by atoms with Crippen LogP contribution in [0.25, 0.3) is 10.9 Å². The third kappa shape index (κ3) is 14.9. The topological polar surface area (TPSA) is 323 Å². The molecule has 0 spiro atoms. The molecule has 4 aromatic rings. The minimum absolute atomic E-state index is 0.0234. The molecule has 3 aromatic carbocycles. The lowest BCUT2D eigenvalue weighted by Gasteiger charge is -2.38. The van der Waals surface area contributed by atoms with Crippen molar-refractivity contribution in [2.24, 2.45) is 5.73 Å². The second-order valence-corrected chi connectivity index (χ2v) is 23.3. The number of rotatable bonds is 23. The molecular formula is C58H69F2N10O12P. The Morgan fingerprint density at radius 1 is 0.867 bits per heavy atom. The first kappa shape index (κ1) is 61.2. The number of hydrogen-bond donors (Lipinski definition) is 9. The lowest BCUT2D eigenvalue weighted by Crippen LogP contribution is -2.61.